The molecule has 5 rings (SSSR count). The molecule has 8 heteroatoms. The van der Waals surface area contributed by atoms with E-state index >= 15 is 0 Å². The lowest BCUT2D eigenvalue weighted by atomic mass is 9.76. The fourth-order valence-corrected chi connectivity index (χ4v) is 5.92. The van der Waals surface area contributed by atoms with E-state index in [-0.39, 0.29) is 29.7 Å². The minimum absolute atomic E-state index is 0.0301. The lowest BCUT2D eigenvalue weighted by molar-refractivity contribution is -0.0916. The molecule has 3 aliphatic heterocycles. The van der Waals surface area contributed by atoms with Gasteiger partial charge < -0.3 is 20.1 Å². The smallest absolute Gasteiger partial charge is 0.321 e. The quantitative estimate of drug-likeness (QED) is 0.240. The van der Waals surface area contributed by atoms with E-state index in [1.165, 1.54) is 34.2 Å². The molecule has 2 aromatic carbocycles. The Morgan fingerprint density at radius 1 is 1.09 bits per heavy atom. The van der Waals surface area contributed by atoms with Crippen molar-refractivity contribution in [3.8, 4) is 0 Å². The van der Waals surface area contributed by atoms with E-state index in [0.29, 0.717) is 0 Å². The van der Waals surface area contributed by atoms with Crippen molar-refractivity contribution in [3.05, 3.63) is 65.2 Å². The van der Waals surface area contributed by atoms with Crippen LogP contribution in [0.4, 0.5) is 14.5 Å². The second-order valence-corrected chi connectivity index (χ2v) is 11.1. The van der Waals surface area contributed by atoms with Gasteiger partial charge in [0.15, 0.2) is 0 Å². The number of nitrogens with one attached hydrogen (secondary N) is 2. The van der Waals surface area contributed by atoms with Crippen LogP contribution in [0.15, 0.2) is 48.5 Å². The van der Waals surface area contributed by atoms with Gasteiger partial charge in [-0.2, -0.15) is 8.78 Å². The number of nitrogens with zero attached hydrogens (tertiary/aromatic N) is 1. The zero-order valence-electron chi connectivity index (χ0n) is 19.9. The van der Waals surface area contributed by atoms with Crippen molar-refractivity contribution in [2.75, 3.05) is 51.3 Å². The molecule has 0 aromatic heterocycles. The van der Waals surface area contributed by atoms with Crippen molar-refractivity contribution in [1.82, 2.24) is 10.2 Å². The highest BCUT2D eigenvalue weighted by Gasteiger charge is 2.43. The largest absolute Gasteiger partial charge is 0.379 e. The molecule has 190 valence electrons. The predicted octanol–water partition coefficient (Wildman–Crippen LogP) is 5.49. The van der Waals surface area contributed by atoms with E-state index in [4.69, 9.17) is 9.47 Å². The van der Waals surface area contributed by atoms with Gasteiger partial charge in [0.25, 0.3) is 0 Å². The van der Waals surface area contributed by atoms with Crippen molar-refractivity contribution in [1.29, 1.82) is 0 Å². The number of rotatable bonds is 8. The van der Waals surface area contributed by atoms with Crippen LogP contribution >= 0.6 is 22.6 Å². The highest BCUT2D eigenvalue weighted by molar-refractivity contribution is 14.1. The van der Waals surface area contributed by atoms with Crippen molar-refractivity contribution >= 4 is 28.3 Å². The predicted molar refractivity (Wildman–Crippen MR) is 142 cm³/mol. The third-order valence-corrected chi connectivity index (χ3v) is 8.06. The van der Waals surface area contributed by atoms with Gasteiger partial charge in [0, 0.05) is 65.0 Å². The third-order valence-electron chi connectivity index (χ3n) is 7.44. The fraction of sp³-hybridized carbons (Fsp3) is 0.556. The molecule has 0 aliphatic carbocycles. The molecule has 2 fully saturated rings. The van der Waals surface area contributed by atoms with Crippen LogP contribution in [0, 0.1) is 5.92 Å². The van der Waals surface area contributed by atoms with Crippen LogP contribution in [-0.4, -0.2) is 56.9 Å². The van der Waals surface area contributed by atoms with Crippen molar-refractivity contribution in [3.63, 3.8) is 0 Å². The Kier molecular flexibility index (Phi) is 8.23. The molecular weight excluding hydrogens is 563 g/mol. The van der Waals surface area contributed by atoms with E-state index in [0.717, 1.165) is 76.5 Å². The minimum Gasteiger partial charge on any atom is -0.379 e. The molecule has 0 radical (unpaired) electrons. The SMILES string of the molecule is FC(F)(I)c1ccc2c(c1)[C@H]1O[C@@H](CNCCCN3CCOCC3)CC[C@H]1[C@H](c1ccccc1)N2. The highest BCUT2D eigenvalue weighted by atomic mass is 127. The van der Waals surface area contributed by atoms with Crippen LogP contribution in [0.1, 0.15) is 48.1 Å². The molecular formula is C27H34F2IN3O2. The van der Waals surface area contributed by atoms with Gasteiger partial charge in [0.2, 0.25) is 0 Å². The maximum Gasteiger partial charge on any atom is 0.321 e. The van der Waals surface area contributed by atoms with Gasteiger partial charge in [-0.15, -0.1) is 0 Å². The number of anilines is 1. The van der Waals surface area contributed by atoms with Gasteiger partial charge in [-0.1, -0.05) is 36.4 Å². The summed E-state index contributed by atoms with van der Waals surface area (Å²) in [7, 11) is 0. The zero-order valence-corrected chi connectivity index (χ0v) is 22.1. The number of alkyl halides is 3. The maximum absolute atomic E-state index is 14.1. The second kappa shape index (κ2) is 11.4. The molecule has 4 atom stereocenters. The molecule has 3 aliphatic rings. The van der Waals surface area contributed by atoms with Crippen molar-refractivity contribution in [2.24, 2.45) is 5.92 Å². The van der Waals surface area contributed by atoms with Gasteiger partial charge in [-0.05, 0) is 50.0 Å². The Balaban J connectivity index is 1.26. The lowest BCUT2D eigenvalue weighted by Gasteiger charge is -2.46. The van der Waals surface area contributed by atoms with Gasteiger partial charge >= 0.3 is 3.93 Å². The Hall–Kier alpha value is -1.33. The summed E-state index contributed by atoms with van der Waals surface area (Å²) < 4.78 is 37.5. The van der Waals surface area contributed by atoms with Gasteiger partial charge in [-0.3, -0.25) is 4.90 Å². The van der Waals surface area contributed by atoms with Crippen molar-refractivity contribution in [2.45, 2.75) is 41.4 Å². The molecule has 0 unspecified atom stereocenters. The number of fused-ring (bicyclic) bond motifs is 3. The van der Waals surface area contributed by atoms with Gasteiger partial charge in [-0.25, -0.2) is 0 Å². The van der Waals surface area contributed by atoms with E-state index in [9.17, 15) is 8.78 Å². The van der Waals surface area contributed by atoms with E-state index in [2.05, 4.69) is 39.8 Å². The van der Waals surface area contributed by atoms with E-state index in [1.54, 1.807) is 12.1 Å². The highest BCUT2D eigenvalue weighted by Crippen LogP contribution is 2.51. The summed E-state index contributed by atoms with van der Waals surface area (Å²) in [5.74, 6) is 0.195. The summed E-state index contributed by atoms with van der Waals surface area (Å²) >= 11 is 1.21. The summed E-state index contributed by atoms with van der Waals surface area (Å²) in [6.07, 6.45) is 2.91. The summed E-state index contributed by atoms with van der Waals surface area (Å²) in [6, 6.07) is 15.4. The van der Waals surface area contributed by atoms with Crippen LogP contribution < -0.4 is 10.6 Å². The monoisotopic (exact) mass is 597 g/mol. The number of morpholine rings is 1. The first-order valence-electron chi connectivity index (χ1n) is 12.7. The van der Waals surface area contributed by atoms with Gasteiger partial charge in [0.1, 0.15) is 0 Å². The lowest BCUT2D eigenvalue weighted by Crippen LogP contribution is -2.42. The minimum atomic E-state index is -2.91. The Labute approximate surface area is 220 Å². The van der Waals surface area contributed by atoms with Crippen LogP contribution in [0.25, 0.3) is 0 Å². The van der Waals surface area contributed by atoms with Crippen LogP contribution in [-0.2, 0) is 13.4 Å². The molecule has 0 spiro atoms. The summed E-state index contributed by atoms with van der Waals surface area (Å²) in [5, 5.41) is 7.21. The molecule has 5 nitrogen and oxygen atoms in total. The molecule has 0 amide bonds. The number of ether oxygens (including phenoxy) is 2. The molecule has 0 saturated carbocycles. The summed E-state index contributed by atoms with van der Waals surface area (Å²) in [6.45, 7) is 6.51. The maximum atomic E-state index is 14.1. The summed E-state index contributed by atoms with van der Waals surface area (Å²) in [5.41, 5.74) is 2.99. The average Bonchev–Trinajstić information content (AvgIpc) is 2.88. The standard InChI is InChI=1S/C27H34F2IN3O2/c28-27(29,30)20-7-10-24-23(17-20)26-22(25(32-24)19-5-2-1-3-6-19)9-8-21(35-26)18-31-11-4-12-33-13-15-34-16-14-33/h1-3,5-7,10,17,21-22,25-26,31-32H,4,8-9,11-16,18H2/t21-,22+,25+,26+/m1/s1. The average molecular weight is 597 g/mol. The van der Waals surface area contributed by atoms with Gasteiger partial charge in [0.05, 0.1) is 31.5 Å². The van der Waals surface area contributed by atoms with Crippen LogP contribution in [0.5, 0.6) is 0 Å². The Morgan fingerprint density at radius 2 is 1.89 bits per heavy atom. The zero-order chi connectivity index (χ0) is 24.3. The first-order chi connectivity index (χ1) is 17.0. The van der Waals surface area contributed by atoms with E-state index < -0.39 is 3.93 Å². The normalized spacial score (nSPS) is 27.1. The number of hydrogen-bond donors (Lipinski definition) is 2. The van der Waals surface area contributed by atoms with Crippen LogP contribution in [0.2, 0.25) is 0 Å². The van der Waals surface area contributed by atoms with Crippen LogP contribution in [0.3, 0.4) is 0 Å². The number of hydrogen-bond acceptors (Lipinski definition) is 5. The molecule has 3 heterocycles. The first-order valence-corrected chi connectivity index (χ1v) is 13.8. The number of benzene rings is 2. The molecule has 0 bridgehead atoms. The van der Waals surface area contributed by atoms with E-state index in [1.807, 2.05) is 6.07 Å². The Bertz CT molecular complexity index is 969. The number of halogens is 3. The second-order valence-electron chi connectivity index (χ2n) is 9.76. The molecule has 2 saturated heterocycles. The molecule has 35 heavy (non-hydrogen) atoms. The molecule has 2 aromatic rings. The first kappa shape index (κ1) is 25.3. The topological polar surface area (TPSA) is 45.8 Å². The fourth-order valence-electron chi connectivity index (χ4n) is 5.59. The van der Waals surface area contributed by atoms with Crippen molar-refractivity contribution < 1.29 is 18.3 Å². The third kappa shape index (κ3) is 6.15. The summed E-state index contributed by atoms with van der Waals surface area (Å²) in [4.78, 5) is 2.45. The Morgan fingerprint density at radius 3 is 2.66 bits per heavy atom. The molecule has 2 N–H and O–H groups in total.